The summed E-state index contributed by atoms with van der Waals surface area (Å²) in [4.78, 5) is 4.08. The quantitative estimate of drug-likeness (QED) is 0.869. The molecule has 2 rings (SSSR count). The van der Waals surface area contributed by atoms with Gasteiger partial charge in [-0.1, -0.05) is 18.2 Å². The second-order valence-electron chi connectivity index (χ2n) is 4.15. The molecule has 0 aliphatic heterocycles. The van der Waals surface area contributed by atoms with E-state index in [1.54, 1.807) is 18.3 Å². The number of aromatic nitrogens is 1. The van der Waals surface area contributed by atoms with E-state index in [9.17, 15) is 4.39 Å². The maximum atomic E-state index is 12.8. The molecule has 94 valence electrons. The molecule has 1 aromatic carbocycles. The van der Waals surface area contributed by atoms with Gasteiger partial charge in [0, 0.05) is 17.8 Å². The van der Waals surface area contributed by atoms with Gasteiger partial charge < -0.3 is 11.1 Å². The molecule has 0 aliphatic carbocycles. The summed E-state index contributed by atoms with van der Waals surface area (Å²) in [5, 5.41) is 3.21. The standard InChI is InChI=1S/C14H16FN3/c1-17-13(12-3-2-8-18-14(12)16)9-10-4-6-11(15)7-5-10/h2-8,13,17H,9H2,1H3,(H2,16,18). The molecule has 4 heteroatoms. The van der Waals surface area contributed by atoms with E-state index in [4.69, 9.17) is 5.73 Å². The first-order valence-corrected chi connectivity index (χ1v) is 5.83. The van der Waals surface area contributed by atoms with Crippen molar-refractivity contribution in [3.8, 4) is 0 Å². The van der Waals surface area contributed by atoms with Crippen molar-refractivity contribution in [3.63, 3.8) is 0 Å². The Labute approximate surface area is 106 Å². The number of likely N-dealkylation sites (N-methyl/N-ethyl adjacent to an activating group) is 1. The summed E-state index contributed by atoms with van der Waals surface area (Å²) in [5.74, 6) is 0.305. The third kappa shape index (κ3) is 2.84. The van der Waals surface area contributed by atoms with Crippen molar-refractivity contribution >= 4 is 5.82 Å². The Balaban J connectivity index is 2.20. The lowest BCUT2D eigenvalue weighted by Crippen LogP contribution is -2.20. The van der Waals surface area contributed by atoms with Crippen molar-refractivity contribution in [2.75, 3.05) is 12.8 Å². The number of nitrogens with zero attached hydrogens (tertiary/aromatic N) is 1. The number of halogens is 1. The van der Waals surface area contributed by atoms with Crippen molar-refractivity contribution in [3.05, 3.63) is 59.5 Å². The first kappa shape index (κ1) is 12.5. The number of benzene rings is 1. The van der Waals surface area contributed by atoms with Crippen molar-refractivity contribution in [1.29, 1.82) is 0 Å². The number of anilines is 1. The zero-order valence-corrected chi connectivity index (χ0v) is 10.2. The fourth-order valence-corrected chi connectivity index (χ4v) is 1.95. The van der Waals surface area contributed by atoms with Crippen LogP contribution < -0.4 is 11.1 Å². The Morgan fingerprint density at radius 1 is 1.28 bits per heavy atom. The van der Waals surface area contributed by atoms with Gasteiger partial charge in [0.1, 0.15) is 11.6 Å². The summed E-state index contributed by atoms with van der Waals surface area (Å²) in [6.45, 7) is 0. The van der Waals surface area contributed by atoms with Crippen LogP contribution in [0, 0.1) is 5.82 Å². The Bertz CT molecular complexity index is 511. The maximum absolute atomic E-state index is 12.8. The molecule has 3 nitrogen and oxygen atoms in total. The number of hydrogen-bond donors (Lipinski definition) is 2. The van der Waals surface area contributed by atoms with Gasteiger partial charge in [0.2, 0.25) is 0 Å². The van der Waals surface area contributed by atoms with Crippen LogP contribution in [-0.4, -0.2) is 12.0 Å². The van der Waals surface area contributed by atoms with Gasteiger partial charge in [-0.25, -0.2) is 9.37 Å². The lowest BCUT2D eigenvalue weighted by molar-refractivity contribution is 0.589. The fraction of sp³-hybridized carbons (Fsp3) is 0.214. The molecule has 0 aliphatic rings. The van der Waals surface area contributed by atoms with Gasteiger partial charge in [-0.3, -0.25) is 0 Å². The molecule has 1 heterocycles. The summed E-state index contributed by atoms with van der Waals surface area (Å²) >= 11 is 0. The second-order valence-corrected chi connectivity index (χ2v) is 4.15. The van der Waals surface area contributed by atoms with Gasteiger partial charge in [0.15, 0.2) is 0 Å². The van der Waals surface area contributed by atoms with Gasteiger partial charge in [0.05, 0.1) is 0 Å². The Morgan fingerprint density at radius 2 is 2.00 bits per heavy atom. The molecule has 0 saturated heterocycles. The zero-order valence-electron chi connectivity index (χ0n) is 10.2. The summed E-state index contributed by atoms with van der Waals surface area (Å²) in [7, 11) is 1.88. The fourth-order valence-electron chi connectivity index (χ4n) is 1.95. The van der Waals surface area contributed by atoms with Gasteiger partial charge in [-0.05, 0) is 37.2 Å². The molecule has 1 aromatic heterocycles. The molecule has 3 N–H and O–H groups in total. The highest BCUT2D eigenvalue weighted by molar-refractivity contribution is 5.41. The van der Waals surface area contributed by atoms with Gasteiger partial charge in [0.25, 0.3) is 0 Å². The van der Waals surface area contributed by atoms with Crippen LogP contribution in [0.4, 0.5) is 10.2 Å². The van der Waals surface area contributed by atoms with Crippen LogP contribution >= 0.6 is 0 Å². The van der Waals surface area contributed by atoms with Crippen LogP contribution in [0.25, 0.3) is 0 Å². The average molecular weight is 245 g/mol. The van der Waals surface area contributed by atoms with Gasteiger partial charge in [-0.15, -0.1) is 0 Å². The largest absolute Gasteiger partial charge is 0.383 e. The van der Waals surface area contributed by atoms with Crippen molar-refractivity contribution < 1.29 is 4.39 Å². The second kappa shape index (κ2) is 5.60. The summed E-state index contributed by atoms with van der Waals surface area (Å²) in [5.41, 5.74) is 7.88. The number of hydrogen-bond acceptors (Lipinski definition) is 3. The highest BCUT2D eigenvalue weighted by Crippen LogP contribution is 2.21. The van der Waals surface area contributed by atoms with Gasteiger partial charge in [-0.2, -0.15) is 0 Å². The molecule has 0 spiro atoms. The molecule has 0 radical (unpaired) electrons. The lowest BCUT2D eigenvalue weighted by Gasteiger charge is -2.17. The van der Waals surface area contributed by atoms with Crippen LogP contribution in [-0.2, 0) is 6.42 Å². The molecule has 0 fully saturated rings. The molecule has 0 bridgehead atoms. The maximum Gasteiger partial charge on any atom is 0.128 e. The molecule has 0 saturated carbocycles. The number of rotatable bonds is 4. The number of pyridine rings is 1. The molecule has 1 atom stereocenters. The van der Waals surface area contributed by atoms with Crippen molar-refractivity contribution in [1.82, 2.24) is 10.3 Å². The van der Waals surface area contributed by atoms with Gasteiger partial charge >= 0.3 is 0 Å². The molecular formula is C14H16FN3. The monoisotopic (exact) mass is 245 g/mol. The number of nitrogens with one attached hydrogen (secondary N) is 1. The average Bonchev–Trinajstić information content (AvgIpc) is 2.39. The first-order valence-electron chi connectivity index (χ1n) is 5.83. The SMILES string of the molecule is CNC(Cc1ccc(F)cc1)c1cccnc1N. The molecular weight excluding hydrogens is 229 g/mol. The Hall–Kier alpha value is -1.94. The van der Waals surface area contributed by atoms with Crippen molar-refractivity contribution in [2.24, 2.45) is 0 Å². The summed E-state index contributed by atoms with van der Waals surface area (Å²) < 4.78 is 12.8. The van der Waals surface area contributed by atoms with E-state index < -0.39 is 0 Å². The summed E-state index contributed by atoms with van der Waals surface area (Å²) in [6.07, 6.45) is 2.41. The minimum absolute atomic E-state index is 0.0733. The predicted octanol–water partition coefficient (Wildman–Crippen LogP) is 2.31. The molecule has 1 unspecified atom stereocenters. The minimum atomic E-state index is -0.222. The Kier molecular flexibility index (Phi) is 3.89. The van der Waals surface area contributed by atoms with Crippen LogP contribution in [0.1, 0.15) is 17.2 Å². The zero-order chi connectivity index (χ0) is 13.0. The third-order valence-corrected chi connectivity index (χ3v) is 2.95. The highest BCUT2D eigenvalue weighted by atomic mass is 19.1. The highest BCUT2D eigenvalue weighted by Gasteiger charge is 2.13. The van der Waals surface area contributed by atoms with E-state index in [0.717, 1.165) is 17.5 Å². The predicted molar refractivity (Wildman–Crippen MR) is 70.6 cm³/mol. The van der Waals surface area contributed by atoms with E-state index in [-0.39, 0.29) is 11.9 Å². The lowest BCUT2D eigenvalue weighted by atomic mass is 9.99. The molecule has 0 amide bonds. The van der Waals surface area contributed by atoms with E-state index in [1.165, 1.54) is 12.1 Å². The molecule has 18 heavy (non-hydrogen) atoms. The van der Waals surface area contributed by atoms with E-state index in [1.807, 2.05) is 19.2 Å². The van der Waals surface area contributed by atoms with Crippen molar-refractivity contribution in [2.45, 2.75) is 12.5 Å². The molecule has 2 aromatic rings. The smallest absolute Gasteiger partial charge is 0.128 e. The Morgan fingerprint density at radius 3 is 2.61 bits per heavy atom. The number of nitrogen functional groups attached to an aromatic ring is 1. The van der Waals surface area contributed by atoms with Crippen LogP contribution in [0.15, 0.2) is 42.6 Å². The van der Waals surface area contributed by atoms with E-state index >= 15 is 0 Å². The minimum Gasteiger partial charge on any atom is -0.383 e. The topological polar surface area (TPSA) is 50.9 Å². The summed E-state index contributed by atoms with van der Waals surface area (Å²) in [6, 6.07) is 10.4. The number of nitrogens with two attached hydrogens (primary N) is 1. The van der Waals surface area contributed by atoms with Crippen LogP contribution in [0.2, 0.25) is 0 Å². The van der Waals surface area contributed by atoms with Crippen LogP contribution in [0.3, 0.4) is 0 Å². The van der Waals surface area contributed by atoms with Crippen LogP contribution in [0.5, 0.6) is 0 Å². The third-order valence-electron chi connectivity index (χ3n) is 2.95. The normalized spacial score (nSPS) is 12.3. The van der Waals surface area contributed by atoms with E-state index in [0.29, 0.717) is 5.82 Å². The first-order chi connectivity index (χ1) is 8.70. The van der Waals surface area contributed by atoms with E-state index in [2.05, 4.69) is 10.3 Å².